The van der Waals surface area contributed by atoms with Gasteiger partial charge in [-0.15, -0.1) is 0 Å². The lowest BCUT2D eigenvalue weighted by molar-refractivity contribution is 0.318. The predicted molar refractivity (Wildman–Crippen MR) is 58.1 cm³/mol. The first-order chi connectivity index (χ1) is 6.74. The summed E-state index contributed by atoms with van der Waals surface area (Å²) < 4.78 is 2.06. The largest absolute Gasteiger partial charge is 0.337 e. The third-order valence-electron chi connectivity index (χ3n) is 2.27. The van der Waals surface area contributed by atoms with Crippen LogP contribution >= 0.6 is 0 Å². The monoisotopic (exact) mass is 196 g/mol. The minimum Gasteiger partial charge on any atom is -0.337 e. The van der Waals surface area contributed by atoms with E-state index in [0.717, 1.165) is 26.2 Å². The Kier molecular flexibility index (Phi) is 4.62. The molecule has 0 unspecified atom stereocenters. The second-order valence-electron chi connectivity index (χ2n) is 3.59. The van der Waals surface area contributed by atoms with Crippen LogP contribution in [0.3, 0.4) is 0 Å². The van der Waals surface area contributed by atoms with Gasteiger partial charge in [-0.1, -0.05) is 6.92 Å². The Morgan fingerprint density at radius 1 is 1.57 bits per heavy atom. The van der Waals surface area contributed by atoms with Crippen molar-refractivity contribution in [1.82, 2.24) is 19.8 Å². The van der Waals surface area contributed by atoms with E-state index in [-0.39, 0.29) is 0 Å². The molecule has 1 rings (SSSR count). The summed E-state index contributed by atoms with van der Waals surface area (Å²) in [4.78, 5) is 6.38. The number of likely N-dealkylation sites (N-methyl/N-ethyl adjacent to an activating group) is 2. The molecule has 14 heavy (non-hydrogen) atoms. The van der Waals surface area contributed by atoms with Gasteiger partial charge in [0.05, 0.1) is 12.0 Å². The summed E-state index contributed by atoms with van der Waals surface area (Å²) in [7, 11) is 4.16. The number of nitrogens with one attached hydrogen (secondary N) is 1. The van der Waals surface area contributed by atoms with Crippen LogP contribution in [0.4, 0.5) is 0 Å². The zero-order chi connectivity index (χ0) is 10.4. The molecule has 0 aromatic carbocycles. The highest BCUT2D eigenvalue weighted by Gasteiger charge is 2.02. The summed E-state index contributed by atoms with van der Waals surface area (Å²) in [5.41, 5.74) is 1.25. The third kappa shape index (κ3) is 3.47. The van der Waals surface area contributed by atoms with Gasteiger partial charge < -0.3 is 9.88 Å². The van der Waals surface area contributed by atoms with Crippen molar-refractivity contribution >= 4 is 0 Å². The maximum atomic E-state index is 4.09. The van der Waals surface area contributed by atoms with Crippen molar-refractivity contribution in [1.29, 1.82) is 0 Å². The van der Waals surface area contributed by atoms with Gasteiger partial charge in [-0.2, -0.15) is 0 Å². The molecular formula is C10H20N4. The minimum atomic E-state index is 0.960. The molecule has 0 aliphatic carbocycles. The summed E-state index contributed by atoms with van der Waals surface area (Å²) >= 11 is 0. The molecule has 0 amide bonds. The maximum Gasteiger partial charge on any atom is 0.0945 e. The first-order valence-corrected chi connectivity index (χ1v) is 5.08. The van der Waals surface area contributed by atoms with E-state index in [4.69, 9.17) is 0 Å². The molecule has 0 atom stereocenters. The van der Waals surface area contributed by atoms with Gasteiger partial charge in [0.15, 0.2) is 0 Å². The molecule has 0 saturated heterocycles. The van der Waals surface area contributed by atoms with Crippen LogP contribution in [0.25, 0.3) is 0 Å². The Balaban J connectivity index is 2.27. The average Bonchev–Trinajstić information content (AvgIpc) is 2.52. The van der Waals surface area contributed by atoms with Crippen LogP contribution in [0, 0.1) is 0 Å². The highest BCUT2D eigenvalue weighted by Crippen LogP contribution is 1.99. The highest BCUT2D eigenvalue weighted by molar-refractivity contribution is 4.96. The van der Waals surface area contributed by atoms with Crippen LogP contribution in [0.5, 0.6) is 0 Å². The molecule has 0 saturated carbocycles. The van der Waals surface area contributed by atoms with E-state index < -0.39 is 0 Å². The van der Waals surface area contributed by atoms with Gasteiger partial charge in [0.1, 0.15) is 0 Å². The molecule has 1 N–H and O–H groups in total. The van der Waals surface area contributed by atoms with Crippen molar-refractivity contribution in [3.05, 3.63) is 18.2 Å². The van der Waals surface area contributed by atoms with Gasteiger partial charge in [-0.05, 0) is 13.6 Å². The normalized spacial score (nSPS) is 11.1. The Hall–Kier alpha value is -0.870. The first kappa shape index (κ1) is 11.2. The smallest absolute Gasteiger partial charge is 0.0945 e. The average molecular weight is 196 g/mol. The Morgan fingerprint density at radius 3 is 2.93 bits per heavy atom. The van der Waals surface area contributed by atoms with Gasteiger partial charge >= 0.3 is 0 Å². The van der Waals surface area contributed by atoms with E-state index in [1.807, 2.05) is 19.6 Å². The zero-order valence-corrected chi connectivity index (χ0v) is 9.32. The van der Waals surface area contributed by atoms with Gasteiger partial charge in [0, 0.05) is 32.9 Å². The summed E-state index contributed by atoms with van der Waals surface area (Å²) in [6.07, 6.45) is 3.76. The summed E-state index contributed by atoms with van der Waals surface area (Å²) in [6.45, 7) is 6.24. The number of aryl methyl sites for hydroxylation is 1. The molecule has 4 nitrogen and oxygen atoms in total. The van der Waals surface area contributed by atoms with Crippen LogP contribution in [0.1, 0.15) is 12.6 Å². The lowest BCUT2D eigenvalue weighted by Gasteiger charge is -2.16. The molecule has 0 bridgehead atoms. The standard InChI is InChI=1S/C10H20N4/c1-4-11-5-6-13(2)8-10-7-12-9-14(10)3/h7,9,11H,4-6,8H2,1-3H3. The first-order valence-electron chi connectivity index (χ1n) is 5.08. The van der Waals surface area contributed by atoms with E-state index >= 15 is 0 Å². The third-order valence-corrected chi connectivity index (χ3v) is 2.27. The fraction of sp³-hybridized carbons (Fsp3) is 0.700. The van der Waals surface area contributed by atoms with E-state index in [9.17, 15) is 0 Å². The number of imidazole rings is 1. The molecular weight excluding hydrogens is 176 g/mol. The molecule has 1 aromatic rings. The molecule has 4 heteroatoms. The lowest BCUT2D eigenvalue weighted by Crippen LogP contribution is -2.29. The minimum absolute atomic E-state index is 0.960. The number of aromatic nitrogens is 2. The second kappa shape index (κ2) is 5.78. The van der Waals surface area contributed by atoms with Crippen molar-refractivity contribution in [2.75, 3.05) is 26.7 Å². The van der Waals surface area contributed by atoms with E-state index in [0.29, 0.717) is 0 Å². The highest BCUT2D eigenvalue weighted by atomic mass is 15.1. The molecule has 0 spiro atoms. The summed E-state index contributed by atoms with van der Waals surface area (Å²) in [6, 6.07) is 0. The van der Waals surface area contributed by atoms with Crippen LogP contribution in [-0.2, 0) is 13.6 Å². The number of nitrogens with zero attached hydrogens (tertiary/aromatic N) is 3. The lowest BCUT2D eigenvalue weighted by atomic mass is 10.4. The van der Waals surface area contributed by atoms with Gasteiger partial charge in [0.2, 0.25) is 0 Å². The molecule has 1 heterocycles. The van der Waals surface area contributed by atoms with Gasteiger partial charge in [-0.3, -0.25) is 4.90 Å². The molecule has 1 aromatic heterocycles. The van der Waals surface area contributed by atoms with Crippen LogP contribution in [0.2, 0.25) is 0 Å². The Labute approximate surface area is 85.9 Å². The molecule has 0 fully saturated rings. The molecule has 0 aliphatic heterocycles. The van der Waals surface area contributed by atoms with Crippen LogP contribution < -0.4 is 5.32 Å². The van der Waals surface area contributed by atoms with E-state index in [2.05, 4.69) is 33.7 Å². The molecule has 0 aliphatic rings. The van der Waals surface area contributed by atoms with Crippen molar-refractivity contribution in [3.63, 3.8) is 0 Å². The van der Waals surface area contributed by atoms with Crippen molar-refractivity contribution in [3.8, 4) is 0 Å². The van der Waals surface area contributed by atoms with Gasteiger partial charge in [0.25, 0.3) is 0 Å². The Morgan fingerprint density at radius 2 is 2.36 bits per heavy atom. The summed E-state index contributed by atoms with van der Waals surface area (Å²) in [5.74, 6) is 0. The fourth-order valence-corrected chi connectivity index (χ4v) is 1.34. The van der Waals surface area contributed by atoms with E-state index in [1.165, 1.54) is 5.69 Å². The molecule has 0 radical (unpaired) electrons. The quantitative estimate of drug-likeness (QED) is 0.671. The van der Waals surface area contributed by atoms with Crippen LogP contribution in [0.15, 0.2) is 12.5 Å². The second-order valence-corrected chi connectivity index (χ2v) is 3.59. The zero-order valence-electron chi connectivity index (χ0n) is 9.32. The van der Waals surface area contributed by atoms with Crippen molar-refractivity contribution < 1.29 is 0 Å². The van der Waals surface area contributed by atoms with Crippen molar-refractivity contribution in [2.45, 2.75) is 13.5 Å². The van der Waals surface area contributed by atoms with Crippen LogP contribution in [-0.4, -0.2) is 41.1 Å². The SMILES string of the molecule is CCNCCN(C)Cc1cncn1C. The topological polar surface area (TPSA) is 33.1 Å². The number of hydrogen-bond donors (Lipinski definition) is 1. The van der Waals surface area contributed by atoms with Gasteiger partial charge in [-0.25, -0.2) is 4.98 Å². The maximum absolute atomic E-state index is 4.09. The predicted octanol–water partition coefficient (Wildman–Crippen LogP) is 0.461. The molecule has 80 valence electrons. The van der Waals surface area contributed by atoms with E-state index in [1.54, 1.807) is 0 Å². The summed E-state index contributed by atoms with van der Waals surface area (Å²) in [5, 5.41) is 3.31. The Bertz CT molecular complexity index is 256. The number of hydrogen-bond acceptors (Lipinski definition) is 3. The number of rotatable bonds is 6. The van der Waals surface area contributed by atoms with Crippen molar-refractivity contribution in [2.24, 2.45) is 7.05 Å². The fourth-order valence-electron chi connectivity index (χ4n) is 1.34.